The molecule has 0 amide bonds. The number of halogens is 6. The van der Waals surface area contributed by atoms with Crippen molar-refractivity contribution >= 4 is 46.0 Å². The summed E-state index contributed by atoms with van der Waals surface area (Å²) in [5.41, 5.74) is 0.173. The molecule has 172 valence electrons. The quantitative estimate of drug-likeness (QED) is 0.117. The lowest BCUT2D eigenvalue weighted by Crippen LogP contribution is -2.43. The molecule has 0 bridgehead atoms. The molecule has 3 rings (SSSR count). The summed E-state index contributed by atoms with van der Waals surface area (Å²) in [7, 11) is 0. The smallest absolute Gasteiger partial charge is 0.387 e. The summed E-state index contributed by atoms with van der Waals surface area (Å²) in [6.07, 6.45) is 2.46. The van der Waals surface area contributed by atoms with E-state index in [1.165, 1.54) is 6.07 Å². The van der Waals surface area contributed by atoms with Crippen molar-refractivity contribution < 1.29 is 31.4 Å². The second-order valence-electron chi connectivity index (χ2n) is 6.62. The van der Waals surface area contributed by atoms with Crippen LogP contribution in [0.3, 0.4) is 0 Å². The number of nitrogens with two attached hydrogens (primary N) is 1. The number of nitrogens with one attached hydrogen (secondary N) is 1. The Hall–Kier alpha value is -2.78. The van der Waals surface area contributed by atoms with Crippen molar-refractivity contribution in [2.45, 2.75) is 29.2 Å². The summed E-state index contributed by atoms with van der Waals surface area (Å²) in [4.78, 5) is 11.5. The number of nitrogens with zero attached hydrogens (tertiary/aromatic N) is 4. The van der Waals surface area contributed by atoms with Crippen molar-refractivity contribution in [1.82, 2.24) is 9.97 Å². The molecule has 1 heterocycles. The second-order valence-corrected chi connectivity index (χ2v) is 8.55. The monoisotopic (exact) mass is 570 g/mol. The van der Waals surface area contributed by atoms with Crippen LogP contribution in [0.15, 0.2) is 34.5 Å². The molecule has 1 aliphatic rings. The molecule has 1 fully saturated rings. The maximum atomic E-state index is 13.9. The van der Waals surface area contributed by atoms with E-state index in [9.17, 15) is 22.0 Å². The van der Waals surface area contributed by atoms with Crippen LogP contribution in [-0.4, -0.2) is 44.8 Å². The van der Waals surface area contributed by atoms with E-state index in [-0.39, 0.29) is 48.7 Å². The third-order valence-electron chi connectivity index (χ3n) is 4.16. The number of hydrazone groups is 1. The second kappa shape index (κ2) is 10.2. The zero-order valence-corrected chi connectivity index (χ0v) is 18.3. The zero-order chi connectivity index (χ0) is 23.3. The molecule has 0 saturated heterocycles. The first-order valence-corrected chi connectivity index (χ1v) is 10.1. The third kappa shape index (κ3) is 6.61. The first-order chi connectivity index (χ1) is 15.1. The molecule has 32 heavy (non-hydrogen) atoms. The molecule has 3 N–H and O–H groups in total. The van der Waals surface area contributed by atoms with Gasteiger partial charge in [-0.15, -0.1) is 0 Å². The van der Waals surface area contributed by atoms with Crippen molar-refractivity contribution in [3.63, 3.8) is 0 Å². The minimum absolute atomic E-state index is 0.0826. The normalized spacial score (nSPS) is 21.0. The van der Waals surface area contributed by atoms with Gasteiger partial charge in [0.25, 0.3) is 0 Å². The van der Waals surface area contributed by atoms with E-state index in [0.29, 0.717) is 0 Å². The Morgan fingerprint density at radius 1 is 1.34 bits per heavy atom. The number of hydrogen-bond acceptors (Lipinski definition) is 8. The molecule has 14 heteroatoms. The fourth-order valence-electron chi connectivity index (χ4n) is 2.63. The number of benzene rings is 1. The largest absolute Gasteiger partial charge is 0.457 e. The van der Waals surface area contributed by atoms with Crippen LogP contribution < -0.4 is 20.6 Å². The molecular weight excluding hydrogens is 554 g/mol. The maximum Gasteiger partial charge on any atom is 0.387 e. The summed E-state index contributed by atoms with van der Waals surface area (Å²) in [6.45, 7) is -3.46. The molecule has 0 aliphatic heterocycles. The van der Waals surface area contributed by atoms with E-state index in [2.05, 4.69) is 30.1 Å². The lowest BCUT2D eigenvalue weighted by molar-refractivity contribution is -0.0521. The Morgan fingerprint density at radius 3 is 2.75 bits per heavy atom. The number of aliphatic imine (C=N–C) groups is 1. The molecule has 1 aromatic carbocycles. The van der Waals surface area contributed by atoms with Gasteiger partial charge in [-0.3, -0.25) is 4.99 Å². The van der Waals surface area contributed by atoms with Gasteiger partial charge in [-0.05, 0) is 34.7 Å². The standard InChI is InChI=1S/C18H16F5IN6O2/c19-12-2-1-9(3-14(12)32-16(21)22)26-6-11(30-25)8-31-17-27-7-13(20)15(29-17)28-10-4-18(23,24)5-10/h1-3,6-7,10,16H,4-5,8,25H2,(H,27,28,29). The van der Waals surface area contributed by atoms with Crippen molar-refractivity contribution in [2.24, 2.45) is 15.9 Å². The van der Waals surface area contributed by atoms with Gasteiger partial charge < -0.3 is 20.6 Å². The lowest BCUT2D eigenvalue weighted by Gasteiger charge is -2.37. The molecule has 1 aliphatic carbocycles. The fourth-order valence-corrected chi connectivity index (χ4v) is 3.70. The molecule has 1 aromatic heterocycles. The van der Waals surface area contributed by atoms with Gasteiger partial charge in [-0.1, -0.05) is 0 Å². The number of hydrogen-bond donors (Lipinski definition) is 2. The molecule has 8 nitrogen and oxygen atoms in total. The van der Waals surface area contributed by atoms with Gasteiger partial charge in [-0.2, -0.15) is 18.9 Å². The molecule has 0 spiro atoms. The van der Waals surface area contributed by atoms with Gasteiger partial charge >= 0.3 is 12.6 Å². The number of anilines is 1. The van der Waals surface area contributed by atoms with E-state index in [4.69, 9.17) is 10.6 Å². The van der Waals surface area contributed by atoms with Gasteiger partial charge in [0.15, 0.2) is 26.9 Å². The number of ether oxygens (including phenoxy) is 2. The highest BCUT2D eigenvalue weighted by Gasteiger charge is 2.42. The third-order valence-corrected chi connectivity index (χ3v) is 5.04. The van der Waals surface area contributed by atoms with Crippen LogP contribution >= 0.6 is 22.6 Å². The van der Waals surface area contributed by atoms with Crippen LogP contribution in [0.1, 0.15) is 12.8 Å². The topological polar surface area (TPSA) is 107 Å². The summed E-state index contributed by atoms with van der Waals surface area (Å²) >= 11 is 1.69. The SMILES string of the molecule is NN=C(C=Nc1ccc(F)c(OC(F)F)c1)COc1ncc(F)c(NC2CC(F)(I)C2)n1. The zero-order valence-electron chi connectivity index (χ0n) is 16.1. The first kappa shape index (κ1) is 23.9. The average Bonchev–Trinajstić information content (AvgIpc) is 2.70. The maximum absolute atomic E-state index is 13.9. The highest BCUT2D eigenvalue weighted by atomic mass is 127. The van der Waals surface area contributed by atoms with Crippen LogP contribution in [0.5, 0.6) is 11.8 Å². The fraction of sp³-hybridized carbons (Fsp3) is 0.333. The van der Waals surface area contributed by atoms with E-state index >= 15 is 0 Å². The predicted molar refractivity (Wildman–Crippen MR) is 115 cm³/mol. The highest BCUT2D eigenvalue weighted by molar-refractivity contribution is 14.1. The van der Waals surface area contributed by atoms with Gasteiger partial charge in [0.2, 0.25) is 0 Å². The van der Waals surface area contributed by atoms with Gasteiger partial charge in [0.05, 0.1) is 18.1 Å². The number of aromatic nitrogens is 2. The van der Waals surface area contributed by atoms with Crippen molar-refractivity contribution in [2.75, 3.05) is 11.9 Å². The van der Waals surface area contributed by atoms with Gasteiger partial charge in [0, 0.05) is 24.9 Å². The number of rotatable bonds is 9. The minimum atomic E-state index is -3.20. The molecule has 2 aromatic rings. The van der Waals surface area contributed by atoms with Crippen molar-refractivity contribution in [3.05, 3.63) is 36.0 Å². The van der Waals surface area contributed by atoms with Crippen molar-refractivity contribution in [1.29, 1.82) is 0 Å². The first-order valence-electron chi connectivity index (χ1n) is 9.00. The molecular formula is C18H16F5IN6O2. The van der Waals surface area contributed by atoms with E-state index in [0.717, 1.165) is 24.5 Å². The molecule has 1 saturated carbocycles. The summed E-state index contributed by atoms with van der Waals surface area (Å²) < 4.78 is 73.6. The van der Waals surface area contributed by atoms with Gasteiger partial charge in [0.1, 0.15) is 12.3 Å². The van der Waals surface area contributed by atoms with E-state index < -0.39 is 27.7 Å². The molecule has 0 radical (unpaired) electrons. The lowest BCUT2D eigenvalue weighted by atomic mass is 9.91. The van der Waals surface area contributed by atoms with Crippen molar-refractivity contribution in [3.8, 4) is 11.8 Å². The minimum Gasteiger partial charge on any atom is -0.457 e. The highest BCUT2D eigenvalue weighted by Crippen LogP contribution is 2.43. The predicted octanol–water partition coefficient (Wildman–Crippen LogP) is 4.13. The summed E-state index contributed by atoms with van der Waals surface area (Å²) in [5, 5.41) is 6.25. The van der Waals surface area contributed by atoms with Gasteiger partial charge in [-0.25, -0.2) is 18.2 Å². The Balaban J connectivity index is 1.60. The summed E-state index contributed by atoms with van der Waals surface area (Å²) in [6, 6.07) is 2.64. The Kier molecular flexibility index (Phi) is 7.63. The van der Waals surface area contributed by atoms with Crippen LogP contribution in [-0.2, 0) is 0 Å². The van der Waals surface area contributed by atoms with Crippen LogP contribution in [0.4, 0.5) is 33.5 Å². The molecule has 0 atom stereocenters. The Labute approximate surface area is 192 Å². The number of alkyl halides is 4. The van der Waals surface area contributed by atoms with Crippen LogP contribution in [0.25, 0.3) is 0 Å². The van der Waals surface area contributed by atoms with Crippen LogP contribution in [0.2, 0.25) is 0 Å². The van der Waals surface area contributed by atoms with E-state index in [1.54, 1.807) is 22.6 Å². The van der Waals surface area contributed by atoms with E-state index in [1.807, 2.05) is 0 Å². The summed E-state index contributed by atoms with van der Waals surface area (Å²) in [5.74, 6) is 2.77. The molecule has 0 unspecified atom stereocenters. The average molecular weight is 570 g/mol. The Bertz CT molecular complexity index is 1020. The van der Waals surface area contributed by atoms with Crippen LogP contribution in [0, 0.1) is 11.6 Å². The Morgan fingerprint density at radius 2 is 2.09 bits per heavy atom.